The van der Waals surface area contributed by atoms with Crippen molar-refractivity contribution in [3.63, 3.8) is 0 Å². The molecule has 1 aromatic rings. The lowest BCUT2D eigenvalue weighted by molar-refractivity contribution is -0.138. The fraction of sp³-hybridized carbons (Fsp3) is 0.529. The molecule has 22 heavy (non-hydrogen) atoms. The van der Waals surface area contributed by atoms with E-state index in [-0.39, 0.29) is 18.6 Å². The van der Waals surface area contributed by atoms with Crippen molar-refractivity contribution in [2.24, 2.45) is 0 Å². The van der Waals surface area contributed by atoms with Crippen LogP contribution in [0.1, 0.15) is 43.0 Å². The molecule has 1 saturated heterocycles. The van der Waals surface area contributed by atoms with Crippen molar-refractivity contribution in [1.29, 1.82) is 0 Å². The number of amides is 1. The van der Waals surface area contributed by atoms with Crippen LogP contribution in [0.2, 0.25) is 0 Å². The number of ether oxygens (including phenoxy) is 2. The minimum absolute atomic E-state index is 0.109. The van der Waals surface area contributed by atoms with Gasteiger partial charge in [-0.15, -0.1) is 0 Å². The maximum atomic E-state index is 12.3. The molecule has 0 spiro atoms. The molecule has 0 bridgehead atoms. The van der Waals surface area contributed by atoms with Crippen LogP contribution in [0.3, 0.4) is 0 Å². The summed E-state index contributed by atoms with van der Waals surface area (Å²) in [4.78, 5) is 26.1. The minimum atomic E-state index is -0.502. The maximum absolute atomic E-state index is 12.3. The number of hydrogen-bond acceptors (Lipinski definition) is 4. The van der Waals surface area contributed by atoms with Crippen LogP contribution >= 0.6 is 0 Å². The summed E-state index contributed by atoms with van der Waals surface area (Å²) in [7, 11) is 1.54. The average Bonchev–Trinajstić information content (AvgIpc) is 2.59. The Kier molecular flexibility index (Phi) is 5.81. The second kappa shape index (κ2) is 7.82. The standard InChI is InChI=1S/C17H23NO4/c1-3-14-8-4-5-10-18(14)16(19)12-22-17(20)13-7-6-9-15(11-13)21-2/h6-7,9,11,14H,3-5,8,10,12H2,1-2H3/t14-/m1/s1. The Morgan fingerprint density at radius 1 is 1.32 bits per heavy atom. The number of likely N-dealkylation sites (tertiary alicyclic amines) is 1. The lowest BCUT2D eigenvalue weighted by Crippen LogP contribution is -2.45. The normalized spacial score (nSPS) is 17.9. The fourth-order valence-electron chi connectivity index (χ4n) is 2.80. The first-order valence-corrected chi connectivity index (χ1v) is 7.76. The first kappa shape index (κ1) is 16.3. The van der Waals surface area contributed by atoms with Gasteiger partial charge in [-0.2, -0.15) is 0 Å². The van der Waals surface area contributed by atoms with Gasteiger partial charge in [-0.1, -0.05) is 13.0 Å². The summed E-state index contributed by atoms with van der Waals surface area (Å²) in [5.41, 5.74) is 0.387. The average molecular weight is 305 g/mol. The molecule has 1 aromatic carbocycles. The van der Waals surface area contributed by atoms with Gasteiger partial charge in [0.15, 0.2) is 6.61 Å². The zero-order chi connectivity index (χ0) is 15.9. The van der Waals surface area contributed by atoms with Gasteiger partial charge in [0.05, 0.1) is 12.7 Å². The van der Waals surface area contributed by atoms with E-state index in [2.05, 4.69) is 6.92 Å². The highest BCUT2D eigenvalue weighted by Crippen LogP contribution is 2.19. The summed E-state index contributed by atoms with van der Waals surface area (Å²) in [6.45, 7) is 2.64. The summed E-state index contributed by atoms with van der Waals surface area (Å²) in [5, 5.41) is 0. The van der Waals surface area contributed by atoms with Crippen LogP contribution in [-0.2, 0) is 9.53 Å². The number of carbonyl (C=O) groups is 2. The van der Waals surface area contributed by atoms with Crippen LogP contribution in [0.4, 0.5) is 0 Å². The van der Waals surface area contributed by atoms with E-state index in [4.69, 9.17) is 9.47 Å². The Morgan fingerprint density at radius 2 is 2.14 bits per heavy atom. The van der Waals surface area contributed by atoms with Crippen molar-refractivity contribution in [1.82, 2.24) is 4.90 Å². The van der Waals surface area contributed by atoms with E-state index in [0.29, 0.717) is 11.3 Å². The molecule has 120 valence electrons. The number of nitrogens with zero attached hydrogens (tertiary/aromatic N) is 1. The van der Waals surface area contributed by atoms with Gasteiger partial charge in [0, 0.05) is 12.6 Å². The second-order valence-electron chi connectivity index (χ2n) is 5.45. The lowest BCUT2D eigenvalue weighted by Gasteiger charge is -2.35. The first-order chi connectivity index (χ1) is 10.7. The molecular formula is C17H23NO4. The van der Waals surface area contributed by atoms with E-state index in [1.807, 2.05) is 4.90 Å². The smallest absolute Gasteiger partial charge is 0.338 e. The van der Waals surface area contributed by atoms with E-state index in [0.717, 1.165) is 32.2 Å². The van der Waals surface area contributed by atoms with Gasteiger partial charge >= 0.3 is 5.97 Å². The summed E-state index contributed by atoms with van der Waals surface area (Å²) in [6, 6.07) is 6.99. The van der Waals surface area contributed by atoms with Crippen LogP contribution in [0.15, 0.2) is 24.3 Å². The Morgan fingerprint density at radius 3 is 2.86 bits per heavy atom. The quantitative estimate of drug-likeness (QED) is 0.785. The highest BCUT2D eigenvalue weighted by atomic mass is 16.5. The molecule has 1 aliphatic heterocycles. The third-order valence-corrected chi connectivity index (χ3v) is 4.05. The van der Waals surface area contributed by atoms with Gasteiger partial charge in [-0.05, 0) is 43.9 Å². The van der Waals surface area contributed by atoms with Gasteiger partial charge in [0.1, 0.15) is 5.75 Å². The molecule has 1 amide bonds. The molecule has 2 rings (SSSR count). The number of rotatable bonds is 5. The van der Waals surface area contributed by atoms with Crippen LogP contribution in [0, 0.1) is 0 Å². The number of benzene rings is 1. The summed E-state index contributed by atoms with van der Waals surface area (Å²) in [6.07, 6.45) is 4.15. The van der Waals surface area contributed by atoms with Crippen molar-refractivity contribution >= 4 is 11.9 Å². The first-order valence-electron chi connectivity index (χ1n) is 7.76. The van der Waals surface area contributed by atoms with Crippen LogP contribution < -0.4 is 4.74 Å². The summed E-state index contributed by atoms with van der Waals surface area (Å²) in [5.74, 6) is -0.0250. The number of methoxy groups -OCH3 is 1. The number of carbonyl (C=O) groups excluding carboxylic acids is 2. The largest absolute Gasteiger partial charge is 0.497 e. The molecule has 1 atom stereocenters. The lowest BCUT2D eigenvalue weighted by atomic mass is 10.00. The van der Waals surface area contributed by atoms with Crippen LogP contribution in [0.25, 0.3) is 0 Å². The van der Waals surface area contributed by atoms with E-state index in [1.54, 1.807) is 24.3 Å². The maximum Gasteiger partial charge on any atom is 0.338 e. The van der Waals surface area contributed by atoms with Gasteiger partial charge in [-0.25, -0.2) is 4.79 Å². The van der Waals surface area contributed by atoms with Crippen molar-refractivity contribution in [3.8, 4) is 5.75 Å². The molecule has 0 unspecified atom stereocenters. The monoisotopic (exact) mass is 305 g/mol. The fourth-order valence-corrected chi connectivity index (χ4v) is 2.80. The van der Waals surface area contributed by atoms with Crippen LogP contribution in [0.5, 0.6) is 5.75 Å². The number of piperidine rings is 1. The van der Waals surface area contributed by atoms with Crippen molar-refractivity contribution in [2.45, 2.75) is 38.6 Å². The summed E-state index contributed by atoms with van der Waals surface area (Å²) >= 11 is 0. The Labute approximate surface area is 131 Å². The topological polar surface area (TPSA) is 55.8 Å². The van der Waals surface area contributed by atoms with Crippen LogP contribution in [-0.4, -0.2) is 43.1 Å². The molecule has 1 aliphatic rings. The van der Waals surface area contributed by atoms with E-state index in [1.165, 1.54) is 7.11 Å². The summed E-state index contributed by atoms with van der Waals surface area (Å²) < 4.78 is 10.2. The third-order valence-electron chi connectivity index (χ3n) is 4.05. The molecule has 0 aromatic heterocycles. The SMILES string of the molecule is CC[C@@H]1CCCCN1C(=O)COC(=O)c1cccc(OC)c1. The predicted molar refractivity (Wildman–Crippen MR) is 82.9 cm³/mol. The second-order valence-corrected chi connectivity index (χ2v) is 5.45. The van der Waals surface area contributed by atoms with E-state index < -0.39 is 5.97 Å². The zero-order valence-electron chi connectivity index (χ0n) is 13.2. The molecule has 0 aliphatic carbocycles. The molecule has 5 heteroatoms. The van der Waals surface area contributed by atoms with Gasteiger partial charge < -0.3 is 14.4 Å². The predicted octanol–water partition coefficient (Wildman–Crippen LogP) is 2.64. The minimum Gasteiger partial charge on any atom is -0.497 e. The molecule has 1 heterocycles. The third kappa shape index (κ3) is 4.00. The Bertz CT molecular complexity index is 529. The highest BCUT2D eigenvalue weighted by Gasteiger charge is 2.26. The van der Waals surface area contributed by atoms with Crippen molar-refractivity contribution < 1.29 is 19.1 Å². The van der Waals surface area contributed by atoms with Crippen molar-refractivity contribution in [3.05, 3.63) is 29.8 Å². The van der Waals surface area contributed by atoms with Gasteiger partial charge in [0.2, 0.25) is 0 Å². The zero-order valence-corrected chi connectivity index (χ0v) is 13.2. The molecule has 1 fully saturated rings. The Hall–Kier alpha value is -2.04. The molecule has 5 nitrogen and oxygen atoms in total. The molecule has 0 saturated carbocycles. The molecule has 0 N–H and O–H groups in total. The molecule has 0 radical (unpaired) electrons. The van der Waals surface area contributed by atoms with Gasteiger partial charge in [0.25, 0.3) is 5.91 Å². The van der Waals surface area contributed by atoms with Crippen molar-refractivity contribution in [2.75, 3.05) is 20.3 Å². The number of hydrogen-bond donors (Lipinski definition) is 0. The Balaban J connectivity index is 1.91. The van der Waals surface area contributed by atoms with E-state index in [9.17, 15) is 9.59 Å². The highest BCUT2D eigenvalue weighted by molar-refractivity contribution is 5.91. The molecular weight excluding hydrogens is 282 g/mol. The van der Waals surface area contributed by atoms with Gasteiger partial charge in [-0.3, -0.25) is 4.79 Å². The van der Waals surface area contributed by atoms with E-state index >= 15 is 0 Å². The number of esters is 1.